The van der Waals surface area contributed by atoms with Gasteiger partial charge in [-0.25, -0.2) is 0 Å². The molecule has 0 fully saturated rings. The van der Waals surface area contributed by atoms with E-state index < -0.39 is 5.91 Å². The quantitative estimate of drug-likeness (QED) is 0.684. The summed E-state index contributed by atoms with van der Waals surface area (Å²) in [6.45, 7) is 0. The Kier molecular flexibility index (Phi) is 5.06. The highest BCUT2D eigenvalue weighted by molar-refractivity contribution is 6.29. The number of nitrogens with one attached hydrogen (secondary N) is 2. The molecule has 2 N–H and O–H groups in total. The van der Waals surface area contributed by atoms with Crippen LogP contribution >= 0.6 is 11.6 Å². The zero-order chi connectivity index (χ0) is 17.6. The molecular formula is C17H13ClN4O3. The Labute approximate surface area is 148 Å². The van der Waals surface area contributed by atoms with E-state index in [4.69, 9.17) is 16.0 Å². The van der Waals surface area contributed by atoms with Gasteiger partial charge in [-0.3, -0.25) is 14.9 Å². The van der Waals surface area contributed by atoms with Gasteiger partial charge in [0.2, 0.25) is 11.8 Å². The number of halogens is 1. The lowest BCUT2D eigenvalue weighted by Gasteiger charge is -2.05. The largest absolute Gasteiger partial charge is 0.403 e. The maximum atomic E-state index is 12.3. The second kappa shape index (κ2) is 7.59. The average Bonchev–Trinajstić information content (AvgIpc) is 3.11. The lowest BCUT2D eigenvalue weighted by atomic mass is 10.2. The first-order valence-electron chi connectivity index (χ1n) is 7.32. The number of hydrogen-bond acceptors (Lipinski definition) is 5. The van der Waals surface area contributed by atoms with Crippen molar-refractivity contribution in [3.8, 4) is 11.5 Å². The number of anilines is 2. The Morgan fingerprint density at radius 2 is 1.80 bits per heavy atom. The van der Waals surface area contributed by atoms with E-state index >= 15 is 0 Å². The Bertz CT molecular complexity index is 896. The first-order valence-corrected chi connectivity index (χ1v) is 7.85. The number of hydrogen-bond donors (Lipinski definition) is 2. The van der Waals surface area contributed by atoms with Crippen LogP contribution in [0.5, 0.6) is 0 Å². The molecule has 0 spiro atoms. The molecule has 0 aliphatic carbocycles. The van der Waals surface area contributed by atoms with Gasteiger partial charge in [0.05, 0.1) is 0 Å². The minimum absolute atomic E-state index is 0.0148. The van der Waals surface area contributed by atoms with Gasteiger partial charge in [-0.05, 0) is 30.3 Å². The van der Waals surface area contributed by atoms with E-state index in [9.17, 15) is 9.59 Å². The van der Waals surface area contributed by atoms with Crippen molar-refractivity contribution >= 4 is 35.1 Å². The SMILES string of the molecule is O=C(CCl)Nc1cccc(C(=O)Nc2nnc(-c3ccccc3)o2)c1. The third-order valence-corrected chi connectivity index (χ3v) is 3.44. The zero-order valence-corrected chi connectivity index (χ0v) is 13.7. The molecule has 25 heavy (non-hydrogen) atoms. The molecule has 1 heterocycles. The highest BCUT2D eigenvalue weighted by atomic mass is 35.5. The summed E-state index contributed by atoms with van der Waals surface area (Å²) in [5, 5.41) is 12.8. The van der Waals surface area contributed by atoms with Gasteiger partial charge in [-0.2, -0.15) is 0 Å². The van der Waals surface area contributed by atoms with E-state index in [1.807, 2.05) is 30.3 Å². The van der Waals surface area contributed by atoms with Crippen molar-refractivity contribution in [3.05, 3.63) is 60.2 Å². The third kappa shape index (κ3) is 4.21. The summed E-state index contributed by atoms with van der Waals surface area (Å²) in [5.74, 6) is -0.659. The second-order valence-corrected chi connectivity index (χ2v) is 5.26. The number of aromatic nitrogens is 2. The highest BCUT2D eigenvalue weighted by Gasteiger charge is 2.13. The van der Waals surface area contributed by atoms with Gasteiger partial charge in [-0.15, -0.1) is 16.7 Å². The van der Waals surface area contributed by atoms with Crippen molar-refractivity contribution in [3.63, 3.8) is 0 Å². The van der Waals surface area contributed by atoms with Crippen LogP contribution in [-0.2, 0) is 4.79 Å². The number of carbonyl (C=O) groups is 2. The molecule has 8 heteroatoms. The molecule has 0 radical (unpaired) electrons. The highest BCUT2D eigenvalue weighted by Crippen LogP contribution is 2.20. The Balaban J connectivity index is 1.71. The van der Waals surface area contributed by atoms with Gasteiger partial charge in [0, 0.05) is 16.8 Å². The van der Waals surface area contributed by atoms with Crippen molar-refractivity contribution in [1.82, 2.24) is 10.2 Å². The fraction of sp³-hybridized carbons (Fsp3) is 0.0588. The standard InChI is InChI=1S/C17H13ClN4O3/c18-10-14(23)19-13-8-4-7-12(9-13)15(24)20-17-22-21-16(25-17)11-5-2-1-3-6-11/h1-9H,10H2,(H,19,23)(H,20,22,24). The number of carbonyl (C=O) groups excluding carboxylic acids is 2. The van der Waals surface area contributed by atoms with Crippen LogP contribution in [0, 0.1) is 0 Å². The van der Waals surface area contributed by atoms with Crippen LogP contribution in [-0.4, -0.2) is 27.9 Å². The number of benzene rings is 2. The summed E-state index contributed by atoms with van der Waals surface area (Å²) in [7, 11) is 0. The van der Waals surface area contributed by atoms with Crippen LogP contribution in [0.2, 0.25) is 0 Å². The molecule has 0 unspecified atom stereocenters. The third-order valence-electron chi connectivity index (χ3n) is 3.20. The summed E-state index contributed by atoms with van der Waals surface area (Å²) in [6, 6.07) is 15.6. The van der Waals surface area contributed by atoms with Crippen LogP contribution in [0.3, 0.4) is 0 Å². The predicted octanol–water partition coefficient (Wildman–Crippen LogP) is 3.17. The van der Waals surface area contributed by atoms with Crippen LogP contribution in [0.4, 0.5) is 11.7 Å². The van der Waals surface area contributed by atoms with Crippen LogP contribution < -0.4 is 10.6 Å². The molecule has 0 bridgehead atoms. The van der Waals surface area contributed by atoms with Gasteiger partial charge < -0.3 is 9.73 Å². The molecule has 0 saturated carbocycles. The summed E-state index contributed by atoms with van der Waals surface area (Å²) >= 11 is 5.45. The first kappa shape index (κ1) is 16.7. The summed E-state index contributed by atoms with van der Waals surface area (Å²) < 4.78 is 5.43. The van der Waals surface area contributed by atoms with Crippen LogP contribution in [0.25, 0.3) is 11.5 Å². The van der Waals surface area contributed by atoms with Gasteiger partial charge in [0.1, 0.15) is 5.88 Å². The fourth-order valence-corrected chi connectivity index (χ4v) is 2.14. The molecule has 3 rings (SSSR count). The van der Waals surface area contributed by atoms with Crippen molar-refractivity contribution in [2.24, 2.45) is 0 Å². The lowest BCUT2D eigenvalue weighted by molar-refractivity contribution is -0.113. The maximum absolute atomic E-state index is 12.3. The van der Waals surface area contributed by atoms with E-state index in [-0.39, 0.29) is 17.8 Å². The van der Waals surface area contributed by atoms with E-state index in [0.29, 0.717) is 17.1 Å². The Hall–Kier alpha value is -3.19. The Morgan fingerprint density at radius 3 is 2.56 bits per heavy atom. The molecular weight excluding hydrogens is 344 g/mol. The zero-order valence-electron chi connectivity index (χ0n) is 12.9. The molecule has 0 aliphatic rings. The molecule has 2 amide bonds. The molecule has 2 aromatic carbocycles. The maximum Gasteiger partial charge on any atom is 0.322 e. The number of nitrogens with zero attached hydrogens (tertiary/aromatic N) is 2. The average molecular weight is 357 g/mol. The van der Waals surface area contributed by atoms with E-state index in [0.717, 1.165) is 5.56 Å². The normalized spacial score (nSPS) is 10.3. The summed E-state index contributed by atoms with van der Waals surface area (Å²) in [6.07, 6.45) is 0. The molecule has 0 atom stereocenters. The second-order valence-electron chi connectivity index (χ2n) is 5.00. The predicted molar refractivity (Wildman–Crippen MR) is 93.5 cm³/mol. The fourth-order valence-electron chi connectivity index (χ4n) is 2.07. The van der Waals surface area contributed by atoms with Gasteiger partial charge in [0.15, 0.2) is 0 Å². The van der Waals surface area contributed by atoms with E-state index in [2.05, 4.69) is 20.8 Å². The smallest absolute Gasteiger partial charge is 0.322 e. The van der Waals surface area contributed by atoms with Gasteiger partial charge in [0.25, 0.3) is 5.91 Å². The summed E-state index contributed by atoms with van der Waals surface area (Å²) in [5.41, 5.74) is 1.54. The van der Waals surface area contributed by atoms with Crippen molar-refractivity contribution < 1.29 is 14.0 Å². The summed E-state index contributed by atoms with van der Waals surface area (Å²) in [4.78, 5) is 23.6. The van der Waals surface area contributed by atoms with Crippen LogP contribution in [0.15, 0.2) is 59.0 Å². The molecule has 126 valence electrons. The molecule has 0 saturated heterocycles. The lowest BCUT2D eigenvalue weighted by Crippen LogP contribution is -2.15. The number of alkyl halides is 1. The van der Waals surface area contributed by atoms with Crippen molar-refractivity contribution in [1.29, 1.82) is 0 Å². The van der Waals surface area contributed by atoms with Gasteiger partial charge in [-0.1, -0.05) is 29.4 Å². The van der Waals surface area contributed by atoms with Crippen LogP contribution in [0.1, 0.15) is 10.4 Å². The topological polar surface area (TPSA) is 97.1 Å². The van der Waals surface area contributed by atoms with E-state index in [1.54, 1.807) is 18.2 Å². The van der Waals surface area contributed by atoms with Crippen molar-refractivity contribution in [2.75, 3.05) is 16.5 Å². The first-order chi connectivity index (χ1) is 12.2. The van der Waals surface area contributed by atoms with Gasteiger partial charge >= 0.3 is 6.01 Å². The van der Waals surface area contributed by atoms with E-state index in [1.165, 1.54) is 6.07 Å². The minimum atomic E-state index is -0.440. The molecule has 1 aromatic heterocycles. The van der Waals surface area contributed by atoms with Crippen molar-refractivity contribution in [2.45, 2.75) is 0 Å². The number of rotatable bonds is 5. The Morgan fingerprint density at radius 1 is 1.00 bits per heavy atom. The minimum Gasteiger partial charge on any atom is -0.403 e. The molecule has 3 aromatic rings. The monoisotopic (exact) mass is 356 g/mol. The molecule has 7 nitrogen and oxygen atoms in total. The molecule has 0 aliphatic heterocycles. The number of amides is 2.